The molecule has 1 N–H and O–H groups in total. The fourth-order valence-corrected chi connectivity index (χ4v) is 2.01. The zero-order chi connectivity index (χ0) is 15.5. The second-order valence-electron chi connectivity index (χ2n) is 5.96. The topological polar surface area (TPSA) is 91.1 Å². The van der Waals surface area contributed by atoms with E-state index in [-0.39, 0.29) is 12.1 Å². The monoisotopic (exact) mass is 289 g/mol. The van der Waals surface area contributed by atoms with Gasteiger partial charge in [-0.3, -0.25) is 0 Å². The number of carbonyl (C=O) groups excluding carboxylic acids is 1. The number of hydrogen-bond acceptors (Lipinski definition) is 6. The molecule has 1 aliphatic heterocycles. The Balaban J connectivity index is 1.87. The average molecular weight is 289 g/mol. The Hall–Kier alpha value is -2.36. The lowest BCUT2D eigenvalue weighted by Gasteiger charge is -2.24. The van der Waals surface area contributed by atoms with Gasteiger partial charge < -0.3 is 15.0 Å². The van der Waals surface area contributed by atoms with Crippen LogP contribution in [0.5, 0.6) is 0 Å². The average Bonchev–Trinajstić information content (AvgIpc) is 2.86. The first-order valence-corrected chi connectivity index (χ1v) is 6.84. The van der Waals surface area contributed by atoms with E-state index in [1.807, 2.05) is 26.8 Å². The number of nitrogens with one attached hydrogen (secondary N) is 1. The molecule has 7 nitrogen and oxygen atoms in total. The lowest BCUT2D eigenvalue weighted by molar-refractivity contribution is 0.0293. The molecule has 0 spiro atoms. The molecule has 21 heavy (non-hydrogen) atoms. The highest BCUT2D eigenvalue weighted by Crippen LogP contribution is 2.17. The number of ether oxygens (including phenoxy) is 1. The number of aromatic nitrogens is 2. The summed E-state index contributed by atoms with van der Waals surface area (Å²) >= 11 is 0. The van der Waals surface area contributed by atoms with Crippen LogP contribution in [0.3, 0.4) is 0 Å². The van der Waals surface area contributed by atoms with Crippen molar-refractivity contribution in [2.75, 3.05) is 18.4 Å². The van der Waals surface area contributed by atoms with Crippen molar-refractivity contribution < 1.29 is 9.53 Å². The van der Waals surface area contributed by atoms with Gasteiger partial charge in [0.05, 0.1) is 18.0 Å². The van der Waals surface area contributed by atoms with Crippen LogP contribution in [0.2, 0.25) is 0 Å². The summed E-state index contributed by atoms with van der Waals surface area (Å²) in [6, 6.07) is 2.06. The Morgan fingerprint density at radius 3 is 2.71 bits per heavy atom. The summed E-state index contributed by atoms with van der Waals surface area (Å²) in [5.74, 6) is 0.463. The Labute approximate surface area is 123 Å². The molecule has 7 heteroatoms. The molecule has 1 aromatic heterocycles. The van der Waals surface area contributed by atoms with E-state index in [1.165, 1.54) is 12.4 Å². The van der Waals surface area contributed by atoms with Gasteiger partial charge in [0, 0.05) is 19.1 Å². The lowest BCUT2D eigenvalue weighted by atomic mass is 10.2. The van der Waals surface area contributed by atoms with Crippen LogP contribution >= 0.6 is 0 Å². The van der Waals surface area contributed by atoms with Crippen LogP contribution in [0, 0.1) is 11.3 Å². The number of rotatable bonds is 2. The third kappa shape index (κ3) is 4.31. The molecule has 1 unspecified atom stereocenters. The summed E-state index contributed by atoms with van der Waals surface area (Å²) < 4.78 is 5.34. The first-order valence-electron chi connectivity index (χ1n) is 6.84. The molecule has 0 bridgehead atoms. The fraction of sp³-hybridized carbons (Fsp3) is 0.571. The van der Waals surface area contributed by atoms with Gasteiger partial charge in [0.25, 0.3) is 0 Å². The van der Waals surface area contributed by atoms with Crippen molar-refractivity contribution in [2.24, 2.45) is 0 Å². The van der Waals surface area contributed by atoms with Gasteiger partial charge in [-0.1, -0.05) is 0 Å². The van der Waals surface area contributed by atoms with Crippen LogP contribution in [0.1, 0.15) is 32.8 Å². The highest BCUT2D eigenvalue weighted by atomic mass is 16.6. The second kappa shape index (κ2) is 5.95. The molecular weight excluding hydrogens is 270 g/mol. The number of nitriles is 1. The summed E-state index contributed by atoms with van der Waals surface area (Å²) in [6.45, 7) is 6.74. The van der Waals surface area contributed by atoms with E-state index in [1.54, 1.807) is 4.90 Å². The van der Waals surface area contributed by atoms with E-state index >= 15 is 0 Å². The molecule has 112 valence electrons. The number of amides is 1. The predicted molar refractivity (Wildman–Crippen MR) is 76.6 cm³/mol. The Morgan fingerprint density at radius 1 is 1.48 bits per heavy atom. The molecule has 2 rings (SSSR count). The third-order valence-electron chi connectivity index (χ3n) is 2.95. The van der Waals surface area contributed by atoms with Crippen molar-refractivity contribution in [3.63, 3.8) is 0 Å². The molecule has 1 aromatic rings. The summed E-state index contributed by atoms with van der Waals surface area (Å²) in [5.41, 5.74) is -0.0684. The van der Waals surface area contributed by atoms with E-state index in [0.29, 0.717) is 24.6 Å². The zero-order valence-corrected chi connectivity index (χ0v) is 12.5. The predicted octanol–water partition coefficient (Wildman–Crippen LogP) is 1.77. The SMILES string of the molecule is CC(C)(C)OC(=O)N1CCC(Nc2ncc(C#N)cn2)C1. The zero-order valence-electron chi connectivity index (χ0n) is 12.5. The Morgan fingerprint density at radius 2 is 2.14 bits per heavy atom. The largest absolute Gasteiger partial charge is 0.444 e. The van der Waals surface area contributed by atoms with Crippen molar-refractivity contribution in [1.82, 2.24) is 14.9 Å². The summed E-state index contributed by atoms with van der Waals surface area (Å²) in [5, 5.41) is 11.9. The van der Waals surface area contributed by atoms with E-state index < -0.39 is 5.60 Å². The van der Waals surface area contributed by atoms with Gasteiger partial charge in [0.1, 0.15) is 11.7 Å². The van der Waals surface area contributed by atoms with Crippen LogP contribution in [-0.2, 0) is 4.74 Å². The summed E-state index contributed by atoms with van der Waals surface area (Å²) in [4.78, 5) is 21.8. The van der Waals surface area contributed by atoms with Crippen LogP contribution in [-0.4, -0.2) is 45.7 Å². The van der Waals surface area contributed by atoms with E-state index in [0.717, 1.165) is 6.42 Å². The minimum atomic E-state index is -0.487. The molecule has 1 saturated heterocycles. The molecule has 1 atom stereocenters. The molecule has 1 fully saturated rings. The number of likely N-dealkylation sites (tertiary alicyclic amines) is 1. The van der Waals surface area contributed by atoms with Crippen molar-refractivity contribution >= 4 is 12.0 Å². The molecule has 0 aromatic carbocycles. The maximum atomic E-state index is 12.0. The van der Waals surface area contributed by atoms with Crippen LogP contribution in [0.4, 0.5) is 10.7 Å². The maximum absolute atomic E-state index is 12.0. The normalized spacial score (nSPS) is 18.2. The molecule has 1 amide bonds. The van der Waals surface area contributed by atoms with Crippen LogP contribution in [0.25, 0.3) is 0 Å². The Kier molecular flexibility index (Phi) is 4.26. The molecule has 2 heterocycles. The molecule has 1 aliphatic rings. The number of carbonyl (C=O) groups is 1. The third-order valence-corrected chi connectivity index (χ3v) is 2.95. The first-order chi connectivity index (χ1) is 9.87. The molecular formula is C14H19N5O2. The smallest absolute Gasteiger partial charge is 0.410 e. The molecule has 0 radical (unpaired) electrons. The highest BCUT2D eigenvalue weighted by Gasteiger charge is 2.29. The number of nitrogens with zero attached hydrogens (tertiary/aromatic N) is 4. The minimum absolute atomic E-state index is 0.0884. The maximum Gasteiger partial charge on any atom is 0.410 e. The van der Waals surface area contributed by atoms with E-state index in [4.69, 9.17) is 10.00 Å². The lowest BCUT2D eigenvalue weighted by Crippen LogP contribution is -2.36. The fourth-order valence-electron chi connectivity index (χ4n) is 2.01. The second-order valence-corrected chi connectivity index (χ2v) is 5.96. The standard InChI is InChI=1S/C14H19N5O2/c1-14(2,3)21-13(20)19-5-4-11(9-19)18-12-16-7-10(6-15)8-17-12/h7-8,11H,4-5,9H2,1-3H3,(H,16,17,18). The summed E-state index contributed by atoms with van der Waals surface area (Å²) in [6.07, 6.45) is 3.45. The van der Waals surface area contributed by atoms with Gasteiger partial charge in [0.2, 0.25) is 5.95 Å². The van der Waals surface area contributed by atoms with Crippen molar-refractivity contribution in [1.29, 1.82) is 5.26 Å². The van der Waals surface area contributed by atoms with E-state index in [2.05, 4.69) is 15.3 Å². The number of hydrogen-bond donors (Lipinski definition) is 1. The first kappa shape index (κ1) is 15.0. The van der Waals surface area contributed by atoms with Gasteiger partial charge in [-0.05, 0) is 27.2 Å². The van der Waals surface area contributed by atoms with Gasteiger partial charge in [-0.2, -0.15) is 5.26 Å². The van der Waals surface area contributed by atoms with Gasteiger partial charge in [0.15, 0.2) is 0 Å². The van der Waals surface area contributed by atoms with E-state index in [9.17, 15) is 4.79 Å². The van der Waals surface area contributed by atoms with Gasteiger partial charge in [-0.25, -0.2) is 14.8 Å². The van der Waals surface area contributed by atoms with Gasteiger partial charge in [-0.15, -0.1) is 0 Å². The summed E-state index contributed by atoms with van der Waals surface area (Å²) in [7, 11) is 0. The van der Waals surface area contributed by atoms with Crippen molar-refractivity contribution in [3.8, 4) is 6.07 Å². The molecule has 0 saturated carbocycles. The van der Waals surface area contributed by atoms with Crippen LogP contribution < -0.4 is 5.32 Å². The molecule has 0 aliphatic carbocycles. The minimum Gasteiger partial charge on any atom is -0.444 e. The van der Waals surface area contributed by atoms with Gasteiger partial charge >= 0.3 is 6.09 Å². The van der Waals surface area contributed by atoms with Crippen molar-refractivity contribution in [2.45, 2.75) is 38.8 Å². The highest BCUT2D eigenvalue weighted by molar-refractivity contribution is 5.68. The number of anilines is 1. The van der Waals surface area contributed by atoms with Crippen molar-refractivity contribution in [3.05, 3.63) is 18.0 Å². The quantitative estimate of drug-likeness (QED) is 0.892. The Bertz CT molecular complexity index is 544. The van der Waals surface area contributed by atoms with Crippen LogP contribution in [0.15, 0.2) is 12.4 Å².